The summed E-state index contributed by atoms with van der Waals surface area (Å²) in [6, 6.07) is 11.7. The number of nitrogens with zero attached hydrogens (tertiary/aromatic N) is 3. The van der Waals surface area contributed by atoms with Crippen LogP contribution in [0.15, 0.2) is 30.3 Å². The Labute approximate surface area is 186 Å². The molecular weight excluding hydrogens is 392 g/mol. The molecule has 2 rings (SSSR count). The van der Waals surface area contributed by atoms with Crippen LogP contribution in [0.25, 0.3) is 0 Å². The molecular formula is C24H36N4O3. The van der Waals surface area contributed by atoms with Gasteiger partial charge < -0.3 is 15.0 Å². The quantitative estimate of drug-likeness (QED) is 0.553. The Hall–Kier alpha value is -2.43. The molecule has 1 fully saturated rings. The van der Waals surface area contributed by atoms with Crippen molar-refractivity contribution in [3.05, 3.63) is 30.3 Å². The molecule has 0 aliphatic carbocycles. The molecule has 7 heteroatoms. The molecule has 1 heterocycles. The van der Waals surface area contributed by atoms with Gasteiger partial charge in [0.2, 0.25) is 11.8 Å². The molecule has 1 unspecified atom stereocenters. The summed E-state index contributed by atoms with van der Waals surface area (Å²) < 4.78 is 5.48. The summed E-state index contributed by atoms with van der Waals surface area (Å²) in [6.45, 7) is 8.56. The van der Waals surface area contributed by atoms with Crippen molar-refractivity contribution in [1.29, 1.82) is 5.26 Å². The number of anilines is 1. The van der Waals surface area contributed by atoms with Crippen LogP contribution in [0.5, 0.6) is 0 Å². The minimum Gasteiger partial charge on any atom is -0.379 e. The van der Waals surface area contributed by atoms with Crippen LogP contribution in [0.2, 0.25) is 0 Å². The van der Waals surface area contributed by atoms with Gasteiger partial charge in [-0.1, -0.05) is 44.9 Å². The largest absolute Gasteiger partial charge is 0.379 e. The number of carbonyl (C=O) groups excluding carboxylic acids is 2. The van der Waals surface area contributed by atoms with Crippen LogP contribution in [0.4, 0.5) is 5.69 Å². The van der Waals surface area contributed by atoms with E-state index < -0.39 is 0 Å². The average Bonchev–Trinajstić information content (AvgIpc) is 2.82. The molecule has 1 N–H and O–H groups in total. The molecule has 1 aliphatic rings. The number of para-hydroxylation sites is 1. The van der Waals surface area contributed by atoms with Crippen LogP contribution in [0, 0.1) is 17.2 Å². The Morgan fingerprint density at radius 1 is 1.16 bits per heavy atom. The predicted molar refractivity (Wildman–Crippen MR) is 122 cm³/mol. The number of hydrogen-bond donors (Lipinski definition) is 1. The fourth-order valence-corrected chi connectivity index (χ4v) is 4.17. The lowest BCUT2D eigenvalue weighted by atomic mass is 9.92. The van der Waals surface area contributed by atoms with E-state index in [1.54, 1.807) is 4.90 Å². The number of nitrogens with one attached hydrogen (secondary N) is 1. The lowest BCUT2D eigenvalue weighted by molar-refractivity contribution is -0.125. The first kappa shape index (κ1) is 24.8. The minimum absolute atomic E-state index is 0.106. The van der Waals surface area contributed by atoms with Gasteiger partial charge in [0, 0.05) is 50.7 Å². The van der Waals surface area contributed by atoms with Crippen LogP contribution < -0.4 is 10.2 Å². The van der Waals surface area contributed by atoms with Crippen molar-refractivity contribution < 1.29 is 14.3 Å². The Kier molecular flexibility index (Phi) is 11.0. The fraction of sp³-hybridized carbons (Fsp3) is 0.625. The Bertz CT molecular complexity index is 709. The van der Waals surface area contributed by atoms with Crippen LogP contribution in [-0.4, -0.2) is 62.1 Å². The Morgan fingerprint density at radius 3 is 2.45 bits per heavy atom. The summed E-state index contributed by atoms with van der Waals surface area (Å²) in [4.78, 5) is 29.3. The summed E-state index contributed by atoms with van der Waals surface area (Å²) in [5.74, 6) is 0.270. The second-order valence-electron chi connectivity index (χ2n) is 7.89. The third kappa shape index (κ3) is 7.97. The third-order valence-electron chi connectivity index (χ3n) is 6.00. The van der Waals surface area contributed by atoms with Crippen LogP contribution >= 0.6 is 0 Å². The molecule has 0 radical (unpaired) electrons. The van der Waals surface area contributed by atoms with E-state index >= 15 is 0 Å². The molecule has 170 valence electrons. The summed E-state index contributed by atoms with van der Waals surface area (Å²) in [5, 5.41) is 12.0. The third-order valence-corrected chi connectivity index (χ3v) is 6.00. The van der Waals surface area contributed by atoms with E-state index in [1.807, 2.05) is 30.3 Å². The maximum Gasteiger partial charge on any atom is 0.227 e. The van der Waals surface area contributed by atoms with Gasteiger partial charge in [0.15, 0.2) is 0 Å². The zero-order chi connectivity index (χ0) is 22.5. The van der Waals surface area contributed by atoms with E-state index in [2.05, 4.69) is 30.1 Å². The lowest BCUT2D eigenvalue weighted by Crippen LogP contribution is -2.52. The van der Waals surface area contributed by atoms with Crippen molar-refractivity contribution in [3.8, 4) is 6.07 Å². The Balaban J connectivity index is 1.89. The van der Waals surface area contributed by atoms with E-state index in [4.69, 9.17) is 10.00 Å². The highest BCUT2D eigenvalue weighted by Gasteiger charge is 2.27. The minimum atomic E-state index is -0.138. The van der Waals surface area contributed by atoms with Gasteiger partial charge >= 0.3 is 0 Å². The van der Waals surface area contributed by atoms with Gasteiger partial charge in [-0.2, -0.15) is 5.26 Å². The molecule has 1 atom stereocenters. The molecule has 31 heavy (non-hydrogen) atoms. The highest BCUT2D eigenvalue weighted by molar-refractivity contribution is 5.95. The SMILES string of the molecule is CCC(CC)C(CNC(=O)CCC(=O)N(CCC#N)c1ccccc1)N1CCOCC1. The lowest BCUT2D eigenvalue weighted by Gasteiger charge is -2.38. The molecule has 0 saturated carbocycles. The van der Waals surface area contributed by atoms with Gasteiger partial charge in [-0.25, -0.2) is 0 Å². The summed E-state index contributed by atoms with van der Waals surface area (Å²) in [7, 11) is 0. The number of nitriles is 1. The number of amides is 2. The van der Waals surface area contributed by atoms with Crippen molar-refractivity contribution in [3.63, 3.8) is 0 Å². The first-order valence-electron chi connectivity index (χ1n) is 11.4. The van der Waals surface area contributed by atoms with E-state index in [-0.39, 0.29) is 37.1 Å². The maximum absolute atomic E-state index is 12.8. The predicted octanol–water partition coefficient (Wildman–Crippen LogP) is 2.97. The molecule has 0 spiro atoms. The molecule has 0 aromatic heterocycles. The van der Waals surface area contributed by atoms with Gasteiger partial charge in [-0.05, 0) is 18.1 Å². The van der Waals surface area contributed by atoms with Gasteiger partial charge in [-0.15, -0.1) is 0 Å². The monoisotopic (exact) mass is 428 g/mol. The van der Waals surface area contributed by atoms with Crippen molar-refractivity contribution >= 4 is 17.5 Å². The maximum atomic E-state index is 12.8. The number of hydrogen-bond acceptors (Lipinski definition) is 5. The van der Waals surface area contributed by atoms with Crippen LogP contribution in [0.3, 0.4) is 0 Å². The number of carbonyl (C=O) groups is 2. The van der Waals surface area contributed by atoms with Crippen molar-refractivity contribution in [2.75, 3.05) is 44.3 Å². The zero-order valence-electron chi connectivity index (χ0n) is 18.9. The highest BCUT2D eigenvalue weighted by Crippen LogP contribution is 2.20. The van der Waals surface area contributed by atoms with E-state index in [1.165, 1.54) is 0 Å². The number of benzene rings is 1. The molecule has 2 amide bonds. The smallest absolute Gasteiger partial charge is 0.227 e. The Morgan fingerprint density at radius 2 is 1.84 bits per heavy atom. The van der Waals surface area contributed by atoms with E-state index in [0.29, 0.717) is 19.0 Å². The molecule has 1 saturated heterocycles. The normalized spacial score (nSPS) is 15.3. The van der Waals surface area contributed by atoms with Crippen molar-refractivity contribution in [2.45, 2.75) is 52.0 Å². The molecule has 1 aliphatic heterocycles. The number of rotatable bonds is 12. The van der Waals surface area contributed by atoms with Crippen LogP contribution in [0.1, 0.15) is 46.0 Å². The number of ether oxygens (including phenoxy) is 1. The van der Waals surface area contributed by atoms with Gasteiger partial charge in [0.05, 0.1) is 25.7 Å². The second kappa shape index (κ2) is 13.8. The molecule has 7 nitrogen and oxygen atoms in total. The topological polar surface area (TPSA) is 85.7 Å². The van der Waals surface area contributed by atoms with Crippen LogP contribution in [-0.2, 0) is 14.3 Å². The second-order valence-corrected chi connectivity index (χ2v) is 7.89. The fourth-order valence-electron chi connectivity index (χ4n) is 4.17. The summed E-state index contributed by atoms with van der Waals surface area (Å²) in [6.07, 6.45) is 2.66. The van der Waals surface area contributed by atoms with E-state index in [9.17, 15) is 9.59 Å². The van der Waals surface area contributed by atoms with Gasteiger partial charge in [0.25, 0.3) is 0 Å². The van der Waals surface area contributed by atoms with Crippen molar-refractivity contribution in [2.24, 2.45) is 5.92 Å². The molecule has 0 bridgehead atoms. The number of morpholine rings is 1. The van der Waals surface area contributed by atoms with Gasteiger partial charge in [-0.3, -0.25) is 14.5 Å². The van der Waals surface area contributed by atoms with Gasteiger partial charge in [0.1, 0.15) is 0 Å². The highest BCUT2D eigenvalue weighted by atomic mass is 16.5. The summed E-state index contributed by atoms with van der Waals surface area (Å²) in [5.41, 5.74) is 0.754. The first-order valence-corrected chi connectivity index (χ1v) is 11.4. The standard InChI is InChI=1S/C24H36N4O3/c1-3-20(4-2)22(27-15-17-31-18-16-27)19-26-23(29)11-12-24(30)28(14-8-13-25)21-9-6-5-7-10-21/h5-7,9-10,20,22H,3-4,8,11-12,14-19H2,1-2H3,(H,26,29). The molecule has 1 aromatic carbocycles. The molecule has 1 aromatic rings. The zero-order valence-corrected chi connectivity index (χ0v) is 18.9. The first-order chi connectivity index (χ1) is 15.1. The van der Waals surface area contributed by atoms with Crippen molar-refractivity contribution in [1.82, 2.24) is 10.2 Å². The van der Waals surface area contributed by atoms with E-state index in [0.717, 1.165) is 44.8 Å². The average molecular weight is 429 g/mol. The summed E-state index contributed by atoms with van der Waals surface area (Å²) >= 11 is 0.